The van der Waals surface area contributed by atoms with Gasteiger partial charge in [-0.1, -0.05) is 32.9 Å². The number of hydrogen-bond donors (Lipinski definition) is 2. The Hall–Kier alpha value is -2.61. The molecule has 262 valence electrons. The van der Waals surface area contributed by atoms with Gasteiger partial charge in [0.25, 0.3) is 0 Å². The van der Waals surface area contributed by atoms with Crippen LogP contribution in [0.3, 0.4) is 0 Å². The van der Waals surface area contributed by atoms with E-state index in [1.54, 1.807) is 41.5 Å². The number of hydrogen-bond acceptors (Lipinski definition) is 12. The zero-order valence-corrected chi connectivity index (χ0v) is 29.3. The maximum atomic E-state index is 14.3. The van der Waals surface area contributed by atoms with Crippen LogP contribution in [0.2, 0.25) is 0 Å². The van der Waals surface area contributed by atoms with Crippen LogP contribution in [0.4, 0.5) is 0 Å². The summed E-state index contributed by atoms with van der Waals surface area (Å²) in [7, 11) is 5.50. The topological polar surface area (TPSA) is 176 Å². The molecule has 3 heterocycles. The molecule has 0 amide bonds. The van der Waals surface area contributed by atoms with Gasteiger partial charge in [-0.05, 0) is 61.1 Å². The number of methoxy groups -OCH3 is 1. The minimum absolute atomic E-state index is 0.0980. The second-order valence-corrected chi connectivity index (χ2v) is 14.2. The van der Waals surface area contributed by atoms with Crippen molar-refractivity contribution in [3.63, 3.8) is 0 Å². The molecule has 3 saturated heterocycles. The first-order valence-corrected chi connectivity index (χ1v) is 16.4. The Labute approximate surface area is 272 Å². The number of rotatable bonds is 6. The standard InChI is InChI=1S/C33H55N3O10/c1-12-22-33(8)25(24(29(34)35-41)31(40)46-33)18(4)26(37)16(2)15-32(7,42-11)28(19(5)27(38)20(6)30(39)44-22)45-23-14-21(36(9)10)13-17(3)43-23/h16-25,28,41H,12-15H2,1-11H3,(H2,34,35)/t16-,17-,18-,19+,20?,21?,22+,23?,24?,25?,28-,32-,33?/m1/s1. The lowest BCUT2D eigenvalue weighted by atomic mass is 9.67. The number of nitrogens with zero attached hydrogens (tertiary/aromatic N) is 2. The Morgan fingerprint density at radius 2 is 1.65 bits per heavy atom. The smallest absolute Gasteiger partial charge is 0.317 e. The number of carbonyl (C=O) groups is 4. The van der Waals surface area contributed by atoms with Crippen LogP contribution >= 0.6 is 0 Å². The Morgan fingerprint density at radius 1 is 1.02 bits per heavy atom. The van der Waals surface area contributed by atoms with Gasteiger partial charge < -0.3 is 39.5 Å². The molecule has 0 saturated carbocycles. The Bertz CT molecular complexity index is 1180. The van der Waals surface area contributed by atoms with Crippen LogP contribution in [0.25, 0.3) is 0 Å². The number of oxime groups is 1. The van der Waals surface area contributed by atoms with Crippen LogP contribution in [0.5, 0.6) is 0 Å². The van der Waals surface area contributed by atoms with Crippen LogP contribution in [0.15, 0.2) is 5.16 Å². The molecule has 0 aliphatic carbocycles. The highest BCUT2D eigenvalue weighted by atomic mass is 16.7. The third kappa shape index (κ3) is 7.27. The van der Waals surface area contributed by atoms with E-state index in [1.807, 2.05) is 21.0 Å². The quantitative estimate of drug-likeness (QED) is 0.107. The van der Waals surface area contributed by atoms with Crippen molar-refractivity contribution < 1.29 is 48.1 Å². The third-order valence-electron chi connectivity index (χ3n) is 10.7. The number of nitrogens with two attached hydrogens (primary N) is 1. The summed E-state index contributed by atoms with van der Waals surface area (Å²) < 4.78 is 30.7. The van der Waals surface area contributed by atoms with Crippen LogP contribution in [-0.4, -0.2) is 102 Å². The first-order valence-electron chi connectivity index (χ1n) is 16.4. The van der Waals surface area contributed by atoms with Crippen molar-refractivity contribution in [3.05, 3.63) is 0 Å². The molecule has 0 aromatic rings. The molecule has 13 heteroatoms. The normalized spacial score (nSPS) is 43.6. The van der Waals surface area contributed by atoms with Crippen molar-refractivity contribution in [2.24, 2.45) is 46.4 Å². The van der Waals surface area contributed by atoms with Gasteiger partial charge in [-0.2, -0.15) is 0 Å². The predicted molar refractivity (Wildman–Crippen MR) is 168 cm³/mol. The maximum absolute atomic E-state index is 14.3. The summed E-state index contributed by atoms with van der Waals surface area (Å²) >= 11 is 0. The molecule has 0 aromatic heterocycles. The minimum atomic E-state index is -1.51. The number of ketones is 2. The number of carbonyl (C=O) groups excluding carboxylic acids is 4. The SMILES string of the molecule is CC[C@@H]1OC(=O)C(C)C(=O)[C@H](C)[C@@H](OC2CC(N(C)C)C[C@@H](C)O2)[C@](C)(OC)C[C@@H](C)C(=O)[C@H](C)C2C(/C(N)=N/O)C(=O)OC21C. The molecule has 46 heavy (non-hydrogen) atoms. The van der Waals surface area contributed by atoms with Crippen LogP contribution < -0.4 is 5.73 Å². The molecule has 3 aliphatic rings. The largest absolute Gasteiger partial charge is 0.458 e. The summed E-state index contributed by atoms with van der Waals surface area (Å²) in [4.78, 5) is 57.3. The Kier molecular flexibility index (Phi) is 12.1. The maximum Gasteiger partial charge on any atom is 0.317 e. The first-order chi connectivity index (χ1) is 21.4. The lowest BCUT2D eigenvalue weighted by molar-refractivity contribution is -0.262. The number of amidine groups is 1. The highest BCUT2D eigenvalue weighted by Gasteiger charge is 2.62. The molecule has 0 radical (unpaired) electrons. The van der Waals surface area contributed by atoms with E-state index < -0.39 is 88.8 Å². The number of ether oxygens (including phenoxy) is 5. The van der Waals surface area contributed by atoms with Gasteiger partial charge in [0, 0.05) is 43.2 Å². The molecular formula is C33H55N3O10. The summed E-state index contributed by atoms with van der Waals surface area (Å²) in [6.45, 7) is 13.7. The number of esters is 2. The Balaban J connectivity index is 2.14. The first kappa shape index (κ1) is 37.8. The van der Waals surface area contributed by atoms with Crippen molar-refractivity contribution in [2.75, 3.05) is 21.2 Å². The zero-order chi connectivity index (χ0) is 34.9. The lowest BCUT2D eigenvalue weighted by Crippen LogP contribution is -2.56. The predicted octanol–water partition coefficient (Wildman–Crippen LogP) is 2.93. The Morgan fingerprint density at radius 3 is 2.20 bits per heavy atom. The highest BCUT2D eigenvalue weighted by molar-refractivity contribution is 6.03. The van der Waals surface area contributed by atoms with E-state index in [9.17, 15) is 24.4 Å². The zero-order valence-electron chi connectivity index (χ0n) is 29.3. The molecule has 0 bridgehead atoms. The van der Waals surface area contributed by atoms with E-state index in [0.29, 0.717) is 6.42 Å². The van der Waals surface area contributed by atoms with Gasteiger partial charge in [0.05, 0.1) is 17.8 Å². The molecule has 13 atom stereocenters. The van der Waals surface area contributed by atoms with Crippen molar-refractivity contribution >= 4 is 29.3 Å². The fourth-order valence-corrected chi connectivity index (χ4v) is 7.95. The van der Waals surface area contributed by atoms with Gasteiger partial charge in [0.15, 0.2) is 23.5 Å². The summed E-state index contributed by atoms with van der Waals surface area (Å²) in [5.74, 6) is -8.42. The fourth-order valence-electron chi connectivity index (χ4n) is 7.95. The molecule has 0 spiro atoms. The van der Waals surface area contributed by atoms with Gasteiger partial charge in [0.2, 0.25) is 0 Å². The molecule has 3 aliphatic heterocycles. The van der Waals surface area contributed by atoms with Crippen LogP contribution in [-0.2, 0) is 42.9 Å². The van der Waals surface area contributed by atoms with Crippen LogP contribution in [0.1, 0.15) is 81.1 Å². The monoisotopic (exact) mass is 653 g/mol. The van der Waals surface area contributed by atoms with Crippen LogP contribution in [0, 0.1) is 35.5 Å². The third-order valence-corrected chi connectivity index (χ3v) is 10.7. The van der Waals surface area contributed by atoms with Crippen molar-refractivity contribution in [1.82, 2.24) is 4.90 Å². The molecule has 3 N–H and O–H groups in total. The van der Waals surface area contributed by atoms with Gasteiger partial charge in [-0.25, -0.2) is 0 Å². The van der Waals surface area contributed by atoms with E-state index in [4.69, 9.17) is 29.4 Å². The average molecular weight is 654 g/mol. The van der Waals surface area contributed by atoms with Gasteiger partial charge >= 0.3 is 11.9 Å². The van der Waals surface area contributed by atoms with Crippen molar-refractivity contribution in [2.45, 2.75) is 123 Å². The number of fused-ring (bicyclic) bond motifs is 1. The van der Waals surface area contributed by atoms with Gasteiger partial charge in [-0.15, -0.1) is 0 Å². The summed E-state index contributed by atoms with van der Waals surface area (Å²) in [6.07, 6.45) is -0.960. The van der Waals surface area contributed by atoms with E-state index in [2.05, 4.69) is 10.1 Å². The van der Waals surface area contributed by atoms with Crippen molar-refractivity contribution in [3.8, 4) is 0 Å². The summed E-state index contributed by atoms with van der Waals surface area (Å²) in [5, 5.41) is 12.6. The van der Waals surface area contributed by atoms with E-state index in [0.717, 1.165) is 6.42 Å². The lowest BCUT2D eigenvalue weighted by Gasteiger charge is -2.45. The summed E-state index contributed by atoms with van der Waals surface area (Å²) in [6, 6.07) is 0.182. The van der Waals surface area contributed by atoms with E-state index in [1.165, 1.54) is 14.0 Å². The molecule has 3 rings (SSSR count). The summed E-state index contributed by atoms with van der Waals surface area (Å²) in [5.41, 5.74) is 3.31. The second-order valence-electron chi connectivity index (χ2n) is 14.2. The minimum Gasteiger partial charge on any atom is -0.458 e. The highest BCUT2D eigenvalue weighted by Crippen LogP contribution is 2.48. The molecule has 13 nitrogen and oxygen atoms in total. The molecule has 0 aromatic carbocycles. The average Bonchev–Trinajstić information content (AvgIpc) is 3.29. The molecule has 6 unspecified atom stereocenters. The number of cyclic esters (lactones) is 1. The second kappa shape index (κ2) is 14.7. The molecular weight excluding hydrogens is 598 g/mol. The van der Waals surface area contributed by atoms with E-state index >= 15 is 0 Å². The van der Waals surface area contributed by atoms with Gasteiger partial charge in [-0.3, -0.25) is 19.2 Å². The number of Topliss-reactive ketones (excluding diaryl/α,β-unsaturated/α-hetero) is 2. The fraction of sp³-hybridized carbons (Fsp3) is 0.848. The van der Waals surface area contributed by atoms with Gasteiger partial charge in [0.1, 0.15) is 23.7 Å². The molecule has 3 fully saturated rings. The van der Waals surface area contributed by atoms with Crippen molar-refractivity contribution in [1.29, 1.82) is 0 Å². The van der Waals surface area contributed by atoms with E-state index in [-0.39, 0.29) is 30.8 Å².